The third-order valence-electron chi connectivity index (χ3n) is 5.53. The summed E-state index contributed by atoms with van der Waals surface area (Å²) in [6, 6.07) is 10.3. The largest absolute Gasteiger partial charge is 0.497 e. The van der Waals surface area contributed by atoms with Crippen LogP contribution in [0.1, 0.15) is 23.1 Å². The number of aryl methyl sites for hydroxylation is 2. The Kier molecular flexibility index (Phi) is 8.77. The van der Waals surface area contributed by atoms with Crippen molar-refractivity contribution < 1.29 is 9.53 Å². The van der Waals surface area contributed by atoms with Gasteiger partial charge in [-0.1, -0.05) is 6.07 Å². The molecule has 3 rings (SSSR count). The molecule has 7 nitrogen and oxygen atoms in total. The number of hydrogen-bond acceptors (Lipinski definition) is 6. The van der Waals surface area contributed by atoms with Crippen molar-refractivity contribution >= 4 is 28.9 Å². The molecule has 1 aromatic heterocycles. The summed E-state index contributed by atoms with van der Waals surface area (Å²) in [7, 11) is 7.83. The first-order chi connectivity index (χ1) is 15.8. The quantitative estimate of drug-likeness (QED) is 0.430. The summed E-state index contributed by atoms with van der Waals surface area (Å²) in [6.07, 6.45) is 2.33. The third kappa shape index (κ3) is 6.96. The molecule has 33 heavy (non-hydrogen) atoms. The van der Waals surface area contributed by atoms with Crippen molar-refractivity contribution in [2.45, 2.75) is 38.3 Å². The van der Waals surface area contributed by atoms with Crippen molar-refractivity contribution in [2.75, 3.05) is 41.3 Å². The van der Waals surface area contributed by atoms with Gasteiger partial charge < -0.3 is 19.5 Å². The van der Waals surface area contributed by atoms with Crippen molar-refractivity contribution in [3.63, 3.8) is 0 Å². The zero-order chi connectivity index (χ0) is 24.0. The third-order valence-corrected chi connectivity index (χ3v) is 6.85. The molecule has 0 aliphatic rings. The highest BCUT2D eigenvalue weighted by Crippen LogP contribution is 2.31. The number of amides is 1. The molecule has 3 aromatic rings. The molecule has 0 aliphatic carbocycles. The van der Waals surface area contributed by atoms with Gasteiger partial charge in [-0.15, -0.1) is 0 Å². The topological polar surface area (TPSA) is 62.6 Å². The van der Waals surface area contributed by atoms with E-state index in [1.54, 1.807) is 19.1 Å². The lowest BCUT2D eigenvalue weighted by Crippen LogP contribution is -2.26. The van der Waals surface area contributed by atoms with Gasteiger partial charge in [-0.2, -0.15) is 0 Å². The van der Waals surface area contributed by atoms with Crippen LogP contribution >= 0.6 is 11.9 Å². The van der Waals surface area contributed by atoms with Gasteiger partial charge in [-0.3, -0.25) is 4.79 Å². The molecular formula is C25H35N5O2S. The fourth-order valence-electron chi connectivity index (χ4n) is 3.62. The van der Waals surface area contributed by atoms with Crippen molar-refractivity contribution in [2.24, 2.45) is 0 Å². The molecule has 0 radical (unpaired) electrons. The fourth-order valence-corrected chi connectivity index (χ4v) is 4.52. The average molecular weight is 470 g/mol. The maximum absolute atomic E-state index is 12.5. The van der Waals surface area contributed by atoms with E-state index in [1.807, 2.05) is 37.6 Å². The van der Waals surface area contributed by atoms with Crippen LogP contribution in [0.25, 0.3) is 11.0 Å². The number of nitrogens with zero attached hydrogens (tertiary/aromatic N) is 4. The molecule has 0 bridgehead atoms. The van der Waals surface area contributed by atoms with Gasteiger partial charge >= 0.3 is 0 Å². The Labute approximate surface area is 201 Å². The zero-order valence-corrected chi connectivity index (χ0v) is 21.3. The highest BCUT2D eigenvalue weighted by molar-refractivity contribution is 7.97. The predicted octanol–water partition coefficient (Wildman–Crippen LogP) is 3.87. The second-order valence-corrected chi connectivity index (χ2v) is 9.84. The lowest BCUT2D eigenvalue weighted by molar-refractivity contribution is -0.121. The van der Waals surface area contributed by atoms with Gasteiger partial charge in [0.2, 0.25) is 5.91 Å². The van der Waals surface area contributed by atoms with Crippen LogP contribution in [0.5, 0.6) is 5.75 Å². The number of carbonyl (C=O) groups excluding carboxylic acids is 1. The number of ether oxygens (including phenoxy) is 1. The monoisotopic (exact) mass is 469 g/mol. The number of hydrogen-bond donors (Lipinski definition) is 1. The summed E-state index contributed by atoms with van der Waals surface area (Å²) >= 11 is 1.67. The van der Waals surface area contributed by atoms with E-state index in [0.29, 0.717) is 19.5 Å². The van der Waals surface area contributed by atoms with E-state index in [2.05, 4.69) is 58.1 Å². The summed E-state index contributed by atoms with van der Waals surface area (Å²) in [5, 5.41) is 3.05. The molecule has 0 atom stereocenters. The summed E-state index contributed by atoms with van der Waals surface area (Å²) in [5.74, 6) is 0.919. The number of imidazole rings is 1. The van der Waals surface area contributed by atoms with Crippen LogP contribution < -0.4 is 10.1 Å². The highest BCUT2D eigenvalue weighted by atomic mass is 32.2. The minimum Gasteiger partial charge on any atom is -0.497 e. The predicted molar refractivity (Wildman–Crippen MR) is 136 cm³/mol. The number of carbonyl (C=O) groups is 1. The van der Waals surface area contributed by atoms with Gasteiger partial charge in [-0.25, -0.2) is 9.29 Å². The lowest BCUT2D eigenvalue weighted by Gasteiger charge is -2.19. The summed E-state index contributed by atoms with van der Waals surface area (Å²) in [4.78, 5) is 20.3. The van der Waals surface area contributed by atoms with Crippen LogP contribution in [0.3, 0.4) is 0 Å². The molecule has 0 aliphatic heterocycles. The number of benzene rings is 2. The molecule has 0 saturated carbocycles. The maximum atomic E-state index is 12.5. The van der Waals surface area contributed by atoms with Crippen molar-refractivity contribution in [3.05, 3.63) is 53.3 Å². The first-order valence-corrected chi connectivity index (χ1v) is 11.9. The molecule has 1 heterocycles. The lowest BCUT2D eigenvalue weighted by atomic mass is 10.1. The fraction of sp³-hybridized carbons (Fsp3) is 0.440. The van der Waals surface area contributed by atoms with Crippen LogP contribution in [0.4, 0.5) is 0 Å². The van der Waals surface area contributed by atoms with Gasteiger partial charge in [0.05, 0.1) is 24.5 Å². The van der Waals surface area contributed by atoms with Gasteiger partial charge in [0.15, 0.2) is 0 Å². The molecule has 8 heteroatoms. The van der Waals surface area contributed by atoms with Crippen LogP contribution in [0, 0.1) is 13.8 Å². The Balaban J connectivity index is 1.50. The SMILES string of the molecule is COc1cc(C)c(SN(C)CCC(=O)NCc2ccc3ncn(CCN(C)C)c3c2)c(C)c1. The van der Waals surface area contributed by atoms with Crippen LogP contribution in [0.15, 0.2) is 41.6 Å². The Hall–Kier alpha value is -2.55. The molecule has 0 unspecified atom stereocenters. The van der Waals surface area contributed by atoms with Crippen LogP contribution in [0.2, 0.25) is 0 Å². The van der Waals surface area contributed by atoms with Crippen LogP contribution in [-0.2, 0) is 17.9 Å². The highest BCUT2D eigenvalue weighted by Gasteiger charge is 2.12. The average Bonchev–Trinajstić information content (AvgIpc) is 3.19. The maximum Gasteiger partial charge on any atom is 0.221 e. The van der Waals surface area contributed by atoms with E-state index in [1.165, 1.54) is 16.0 Å². The molecular weight excluding hydrogens is 434 g/mol. The van der Waals surface area contributed by atoms with Gasteiger partial charge in [0, 0.05) is 37.5 Å². The Morgan fingerprint density at radius 1 is 1.12 bits per heavy atom. The standard InChI is InChI=1S/C25H35N5O2S/c1-18-13-21(32-6)14-19(2)25(18)33-29(5)10-9-24(31)26-16-20-7-8-22-23(15-20)30(17-27-22)12-11-28(3)4/h7-8,13-15,17H,9-12,16H2,1-6H3,(H,26,31). The van der Waals surface area contributed by atoms with E-state index in [-0.39, 0.29) is 5.91 Å². The smallest absolute Gasteiger partial charge is 0.221 e. The molecule has 0 spiro atoms. The van der Waals surface area contributed by atoms with E-state index in [0.717, 1.165) is 35.4 Å². The molecule has 178 valence electrons. The van der Waals surface area contributed by atoms with E-state index >= 15 is 0 Å². The summed E-state index contributed by atoms with van der Waals surface area (Å²) < 4.78 is 9.61. The molecule has 0 fully saturated rings. The van der Waals surface area contributed by atoms with Crippen LogP contribution in [-0.4, -0.2) is 66.0 Å². The number of aromatic nitrogens is 2. The number of rotatable bonds is 11. The zero-order valence-electron chi connectivity index (χ0n) is 20.5. The number of fused-ring (bicyclic) bond motifs is 1. The minimum absolute atomic E-state index is 0.0480. The molecule has 1 N–H and O–H groups in total. The minimum atomic E-state index is 0.0480. The van der Waals surface area contributed by atoms with Gasteiger partial charge in [0.1, 0.15) is 5.75 Å². The van der Waals surface area contributed by atoms with E-state index in [9.17, 15) is 4.79 Å². The second kappa shape index (κ2) is 11.5. The Bertz CT molecular complexity index is 1070. The number of nitrogens with one attached hydrogen (secondary N) is 1. The normalized spacial score (nSPS) is 11.5. The van der Waals surface area contributed by atoms with Crippen molar-refractivity contribution in [1.82, 2.24) is 24.1 Å². The Morgan fingerprint density at radius 2 is 1.85 bits per heavy atom. The van der Waals surface area contributed by atoms with E-state index in [4.69, 9.17) is 4.74 Å². The number of methoxy groups -OCH3 is 1. The number of likely N-dealkylation sites (N-methyl/N-ethyl adjacent to an activating group) is 1. The van der Waals surface area contributed by atoms with E-state index < -0.39 is 0 Å². The van der Waals surface area contributed by atoms with Crippen molar-refractivity contribution in [3.8, 4) is 5.75 Å². The first-order valence-electron chi connectivity index (χ1n) is 11.2. The van der Waals surface area contributed by atoms with Gasteiger partial charge in [-0.05, 0) is 87.9 Å². The summed E-state index contributed by atoms with van der Waals surface area (Å²) in [6.45, 7) is 7.19. The summed E-state index contributed by atoms with van der Waals surface area (Å²) in [5.41, 5.74) is 5.51. The molecule has 0 saturated heterocycles. The van der Waals surface area contributed by atoms with Crippen molar-refractivity contribution in [1.29, 1.82) is 0 Å². The second-order valence-electron chi connectivity index (χ2n) is 8.62. The molecule has 2 aromatic carbocycles. The van der Waals surface area contributed by atoms with Gasteiger partial charge in [0.25, 0.3) is 0 Å². The molecule has 1 amide bonds. The first kappa shape index (κ1) is 25.1. The Morgan fingerprint density at radius 3 is 2.52 bits per heavy atom.